The van der Waals surface area contributed by atoms with E-state index in [2.05, 4.69) is 123 Å². The number of ether oxygens (including phenoxy) is 4. The van der Waals surface area contributed by atoms with E-state index in [1.807, 2.05) is 13.1 Å². The first-order valence-electron chi connectivity index (χ1n) is 42.8. The summed E-state index contributed by atoms with van der Waals surface area (Å²) in [6.07, 6.45) is 22.1. The Hall–Kier alpha value is -11.2. The molecule has 37 heteroatoms. The minimum atomic E-state index is -0.979. The number of alkyl carbamates (subject to hydrolysis) is 3. The van der Waals surface area contributed by atoms with Crippen molar-refractivity contribution >= 4 is 175 Å². The van der Waals surface area contributed by atoms with Crippen molar-refractivity contribution in [3.63, 3.8) is 0 Å². The number of rotatable bonds is 16. The number of hydrazone groups is 3. The first-order valence-corrected chi connectivity index (χ1v) is 43.6. The fourth-order valence-corrected chi connectivity index (χ4v) is 16.7. The van der Waals surface area contributed by atoms with Crippen LogP contribution in [0.15, 0.2) is 56.3 Å². The number of anilines is 3. The number of aromatic amines is 3. The highest BCUT2D eigenvalue weighted by Crippen LogP contribution is 2.38. The summed E-state index contributed by atoms with van der Waals surface area (Å²) in [6, 6.07) is 7.24. The van der Waals surface area contributed by atoms with Crippen LogP contribution in [0, 0.1) is 47.4 Å². The number of nitrogens with two attached hydrogens (primary N) is 1. The summed E-state index contributed by atoms with van der Waals surface area (Å²) in [6.45, 7) is 21.9. The smallest absolute Gasteiger partial charge is 0.410 e. The summed E-state index contributed by atoms with van der Waals surface area (Å²) in [5.74, 6) is 9.20. The van der Waals surface area contributed by atoms with Crippen molar-refractivity contribution in [2.45, 2.75) is 265 Å². The molecule has 7 aliphatic rings. The highest BCUT2D eigenvalue weighted by molar-refractivity contribution is 9.10. The fourth-order valence-electron chi connectivity index (χ4n) is 16.1. The average molecular weight is 1880 g/mol. The molecule has 4 saturated carbocycles. The molecule has 6 heterocycles. The molecule has 128 heavy (non-hydrogen) atoms. The van der Waals surface area contributed by atoms with E-state index in [4.69, 9.17) is 24.7 Å². The van der Waals surface area contributed by atoms with E-state index in [1.54, 1.807) is 133 Å². The molecule has 0 bridgehead atoms. The van der Waals surface area contributed by atoms with Crippen LogP contribution in [0.4, 0.5) is 36.2 Å². The average Bonchev–Trinajstić information content (AvgIpc) is 1.61. The molecule has 3 aromatic carbocycles. The van der Waals surface area contributed by atoms with Gasteiger partial charge in [-0.3, -0.25) is 28.8 Å². The van der Waals surface area contributed by atoms with Gasteiger partial charge in [0, 0.05) is 73.5 Å². The molecule has 3 aliphatic heterocycles. The van der Waals surface area contributed by atoms with Gasteiger partial charge in [0.25, 0.3) is 17.7 Å². The topological polar surface area (TPSA) is 479 Å². The number of nitrogens with one attached hydrogen (secondary N) is 13. The summed E-state index contributed by atoms with van der Waals surface area (Å²) < 4.78 is 22.0. The molecule has 6 aromatic rings. The molecule has 3 aromatic heterocycles. The zero-order chi connectivity index (χ0) is 90.8. The van der Waals surface area contributed by atoms with Gasteiger partial charge in [0.2, 0.25) is 17.7 Å². The lowest BCUT2D eigenvalue weighted by Crippen LogP contribution is -2.50. The maximum atomic E-state index is 13.6. The van der Waals surface area contributed by atoms with Crippen LogP contribution >= 0.6 is 40.7 Å². The van der Waals surface area contributed by atoms with E-state index in [0.717, 1.165) is 139 Å². The number of aliphatic carboxylic acids is 1. The van der Waals surface area contributed by atoms with Crippen molar-refractivity contribution in [1.82, 2.24) is 57.4 Å². The summed E-state index contributed by atoms with van der Waals surface area (Å²) in [5, 5.41) is 43.0. The molecule has 0 spiro atoms. The van der Waals surface area contributed by atoms with Crippen LogP contribution in [0.3, 0.4) is 0 Å². The predicted molar refractivity (Wildman–Crippen MR) is 503 cm³/mol. The molecule has 13 rings (SSSR count). The summed E-state index contributed by atoms with van der Waals surface area (Å²) in [7, 11) is 3.42. The van der Waals surface area contributed by atoms with Crippen molar-refractivity contribution in [2.24, 2.45) is 44.7 Å². The Morgan fingerprint density at radius 3 is 1.16 bits per heavy atom. The van der Waals surface area contributed by atoms with Crippen LogP contribution < -0.4 is 59.2 Å². The number of amides is 10. The number of carbonyl (C=O) groups excluding carboxylic acids is 10. The van der Waals surface area contributed by atoms with Crippen LogP contribution in [0.25, 0.3) is 32.7 Å². The van der Waals surface area contributed by atoms with Gasteiger partial charge < -0.3 is 86.9 Å². The maximum Gasteiger partial charge on any atom is 0.410 e. The van der Waals surface area contributed by atoms with Gasteiger partial charge in [0.1, 0.15) is 40.5 Å². The second kappa shape index (κ2) is 46.1. The molecule has 0 saturated heterocycles. The molecule has 16 N–H and O–H groups in total. The number of hydrogen-bond donors (Lipinski definition) is 15. The molecular weight excluding hydrogens is 1750 g/mol. The third kappa shape index (κ3) is 29.1. The Balaban J connectivity index is 0.000000241. The number of benzene rings is 3. The van der Waals surface area contributed by atoms with E-state index in [-0.39, 0.29) is 86.1 Å². The van der Waals surface area contributed by atoms with Gasteiger partial charge in [-0.15, -0.1) is 24.8 Å². The first-order chi connectivity index (χ1) is 59.1. The molecule has 4 aliphatic carbocycles. The number of hydrogen-bond acceptors (Lipinski definition) is 20. The quantitative estimate of drug-likeness (QED) is 0.0316. The highest BCUT2D eigenvalue weighted by atomic mass is 79.9. The van der Waals surface area contributed by atoms with Crippen molar-refractivity contribution in [2.75, 3.05) is 43.1 Å². The zero-order valence-electron chi connectivity index (χ0n) is 74.5. The standard InChI is InChI=1S/C32H42N6O6.C23H28BrN5O4.C22H26N6O2.C13H23NO4.CH4.2ClH/c1-31(2,3)43-29(41)36-26(19-12-9-8-10-13-19)28(40)34-20-16-21-25-22(18-33-37-27(21)39)23(35-24(25)17-20)14-11-15-38(7)30(42)44-32(4,5)6;1-23(2,3)33-22(32)28-18(12-7-5-4-6-8-12)21(31)26-13-9-14-17-15(11-25-29-20(14)30)19(24)27-16(17)10-13;1-24-9-5-8-17-16-12-25-28-21(29)15-10-14(11-18(27-17)19(15)16)26-22(30)20(23)13-6-3-2-4-7-13;1-13(2,3)18-12(17)14-10(11(15)16)9-7-5-4-6-8-9;;;/h16-19,26,35H,8-10,12-13,15H2,1-7H3,(H,34,40)(H,36,41)(H,37,39);9-12,18,27H,4-8H2,1-3H3,(H,26,31)(H,28,32)(H,29,30);10-13,20,24,27H,2-4,6-7,9,23H2,1H3,(H,26,30)(H,28,29);9-10H,4-8H2,1-3H3,(H,14,17)(H,15,16);1H4;2*1H/t26-;18-;20-;10-;;;/m1111.../s1. The van der Waals surface area contributed by atoms with Gasteiger partial charge in [-0.05, 0) is 229 Å². The molecular formula is C91H125BrCl2N18O16. The first kappa shape index (κ1) is 104. The summed E-state index contributed by atoms with van der Waals surface area (Å²) in [4.78, 5) is 149. The second-order valence-electron chi connectivity index (χ2n) is 36.4. The van der Waals surface area contributed by atoms with Crippen LogP contribution in [-0.2, 0) is 38.1 Å². The number of H-pyrrole nitrogens is 3. The lowest BCUT2D eigenvalue weighted by atomic mass is 9.83. The molecule has 34 nitrogen and oxygen atoms in total. The van der Waals surface area contributed by atoms with Crippen molar-refractivity contribution in [3.05, 3.63) is 85.8 Å². The monoisotopic (exact) mass is 1870 g/mol. The van der Waals surface area contributed by atoms with E-state index < -0.39 is 88.7 Å². The highest BCUT2D eigenvalue weighted by Gasteiger charge is 2.38. The Morgan fingerprint density at radius 1 is 0.477 bits per heavy atom. The maximum absolute atomic E-state index is 13.6. The molecule has 0 radical (unpaired) electrons. The predicted octanol–water partition coefficient (Wildman–Crippen LogP) is 15.0. The SMILES string of the molecule is C.CC(C)(C)OC(=O)N[C@@H](C(=O)Nc1cc2c3c(c(Br)[nH]c3c1)C=NNC2=O)C1CCCCC1.CC(C)(C)OC(=O)N[C@@H](C(=O)O)C1CCCCC1.CN(CC#Cc1[nH]c2cc(NC(=O)[C@H](NC(=O)OC(C)(C)C)C3CCCCC3)cc3c2c1C=NNC3=O)C(=O)OC(C)(C)C.CNCC#Cc1[nH]c2cc(NC(=O)[C@H](N)C3CCCCC3)cc3c2c1C=NNC3=O.Cl.Cl. The van der Waals surface area contributed by atoms with E-state index in [9.17, 15) is 57.8 Å². The van der Waals surface area contributed by atoms with Gasteiger partial charge >= 0.3 is 30.3 Å². The Labute approximate surface area is 767 Å². The normalized spacial score (nSPS) is 16.5. The zero-order valence-corrected chi connectivity index (χ0v) is 77.7. The fraction of sp³-hybridized carbons (Fsp3) is 0.538. The third-order valence-corrected chi connectivity index (χ3v) is 22.4. The number of carboxylic acid groups (broad SMARTS) is 1. The lowest BCUT2D eigenvalue weighted by molar-refractivity contribution is -0.141. The summed E-state index contributed by atoms with van der Waals surface area (Å²) in [5.41, 5.74) is 18.8. The third-order valence-electron chi connectivity index (χ3n) is 21.8. The Kier molecular flexibility index (Phi) is 37.4. The lowest BCUT2D eigenvalue weighted by Gasteiger charge is -2.31. The van der Waals surface area contributed by atoms with Gasteiger partial charge in [-0.25, -0.2) is 40.3 Å². The van der Waals surface area contributed by atoms with E-state index in [1.165, 1.54) is 17.5 Å². The second-order valence-corrected chi connectivity index (χ2v) is 37.2. The number of carboxylic acids is 1. The van der Waals surface area contributed by atoms with Gasteiger partial charge in [-0.1, -0.05) is 96.3 Å². The Morgan fingerprint density at radius 2 is 0.797 bits per heavy atom. The van der Waals surface area contributed by atoms with Gasteiger partial charge in [-0.2, -0.15) is 15.3 Å². The van der Waals surface area contributed by atoms with E-state index in [0.29, 0.717) is 89.2 Å². The Bertz CT molecular complexity index is 5250. The molecule has 10 amide bonds. The van der Waals surface area contributed by atoms with Gasteiger partial charge in [0.15, 0.2) is 0 Å². The van der Waals surface area contributed by atoms with E-state index >= 15 is 0 Å². The van der Waals surface area contributed by atoms with Gasteiger partial charge in [0.05, 0.1) is 70.5 Å². The van der Waals surface area contributed by atoms with Crippen molar-refractivity contribution in [1.29, 1.82) is 0 Å². The number of nitrogens with zero attached hydrogens (tertiary/aromatic N) is 4. The number of aromatic nitrogens is 3. The van der Waals surface area contributed by atoms with Crippen LogP contribution in [0.5, 0.6) is 0 Å². The largest absolute Gasteiger partial charge is 0.480 e. The number of carbonyl (C=O) groups is 11. The molecule has 4 fully saturated rings. The minimum Gasteiger partial charge on any atom is -0.480 e. The summed E-state index contributed by atoms with van der Waals surface area (Å²) >= 11 is 3.46. The molecule has 696 valence electrons. The van der Waals surface area contributed by atoms with Crippen LogP contribution in [0.2, 0.25) is 0 Å². The number of halogens is 3. The van der Waals surface area contributed by atoms with Crippen molar-refractivity contribution in [3.8, 4) is 23.7 Å². The minimum absolute atomic E-state index is 0. The molecule has 0 unspecified atom stereocenters. The van der Waals surface area contributed by atoms with Crippen molar-refractivity contribution < 1.29 is 76.8 Å². The van der Waals surface area contributed by atoms with Crippen LogP contribution in [-0.4, -0.2) is 183 Å². The van der Waals surface area contributed by atoms with Crippen LogP contribution in [0.1, 0.15) is 278 Å². The molecule has 4 atom stereocenters.